The summed E-state index contributed by atoms with van der Waals surface area (Å²) in [4.78, 5) is 0. The van der Waals surface area contributed by atoms with Gasteiger partial charge in [0.15, 0.2) is 0 Å². The molecule has 0 rings (SSSR count). The van der Waals surface area contributed by atoms with Gasteiger partial charge in [0.25, 0.3) is 0 Å². The fourth-order valence-electron chi connectivity index (χ4n) is 2.14. The molecule has 0 aromatic carbocycles. The number of hydrogen-bond acceptors (Lipinski definition) is 2. The highest BCUT2D eigenvalue weighted by Crippen LogP contribution is 2.24. The maximum Gasteiger partial charge on any atom is 0.338 e. The first kappa shape index (κ1) is 17.4. The van der Waals surface area contributed by atoms with Crippen LogP contribution in [-0.2, 0) is 8.85 Å². The van der Waals surface area contributed by atoms with Crippen LogP contribution in [0, 0.1) is 0 Å². The number of rotatable bonds is 12. The van der Waals surface area contributed by atoms with Crippen LogP contribution in [0.3, 0.4) is 0 Å². The molecule has 0 heterocycles. The van der Waals surface area contributed by atoms with E-state index in [1.807, 2.05) is 0 Å². The molecule has 0 unspecified atom stereocenters. The maximum atomic E-state index is 6.01. The molecule has 0 spiro atoms. The van der Waals surface area contributed by atoms with Crippen molar-refractivity contribution in [3.8, 4) is 0 Å². The van der Waals surface area contributed by atoms with E-state index in [2.05, 4.69) is 20.8 Å². The van der Waals surface area contributed by atoms with Crippen LogP contribution >= 0.6 is 11.6 Å². The van der Waals surface area contributed by atoms with E-state index in [1.54, 1.807) is 0 Å². The van der Waals surface area contributed by atoms with Gasteiger partial charge in [-0.2, -0.15) is 0 Å². The Morgan fingerprint density at radius 3 is 1.88 bits per heavy atom. The van der Waals surface area contributed by atoms with Crippen LogP contribution in [0.2, 0.25) is 12.1 Å². The van der Waals surface area contributed by atoms with Gasteiger partial charge in [-0.1, -0.05) is 32.6 Å². The van der Waals surface area contributed by atoms with Crippen LogP contribution in [0.5, 0.6) is 0 Å². The van der Waals surface area contributed by atoms with Crippen molar-refractivity contribution in [2.75, 3.05) is 19.1 Å². The SMILES string of the molecule is CCCCCC[Si](CCCCl)(OCC)OCC. The summed E-state index contributed by atoms with van der Waals surface area (Å²) in [5.74, 6) is 0.712. The zero-order chi connectivity index (χ0) is 13.0. The van der Waals surface area contributed by atoms with Crippen molar-refractivity contribution in [3.63, 3.8) is 0 Å². The van der Waals surface area contributed by atoms with Gasteiger partial charge in [-0.25, -0.2) is 0 Å². The lowest BCUT2D eigenvalue weighted by Gasteiger charge is -2.30. The lowest BCUT2D eigenvalue weighted by atomic mass is 10.2. The van der Waals surface area contributed by atoms with E-state index in [0.717, 1.165) is 31.7 Å². The third-order valence-corrected chi connectivity index (χ3v) is 7.04. The van der Waals surface area contributed by atoms with Gasteiger partial charge in [0.2, 0.25) is 0 Å². The molecule has 0 aromatic rings. The normalized spacial score (nSPS) is 12.0. The Morgan fingerprint density at radius 1 is 0.824 bits per heavy atom. The van der Waals surface area contributed by atoms with Crippen LogP contribution in [0.4, 0.5) is 0 Å². The van der Waals surface area contributed by atoms with E-state index in [1.165, 1.54) is 25.7 Å². The van der Waals surface area contributed by atoms with Gasteiger partial charge < -0.3 is 8.85 Å². The predicted molar refractivity (Wildman–Crippen MR) is 78.1 cm³/mol. The first-order valence-corrected chi connectivity index (χ1v) is 9.85. The summed E-state index contributed by atoms with van der Waals surface area (Å²) >= 11 is 5.80. The van der Waals surface area contributed by atoms with Crippen molar-refractivity contribution in [2.45, 2.75) is 65.0 Å². The van der Waals surface area contributed by atoms with Gasteiger partial charge in [-0.3, -0.25) is 0 Å². The van der Waals surface area contributed by atoms with Gasteiger partial charge in [-0.05, 0) is 32.4 Å². The molecular formula is C13H29ClO2Si. The van der Waals surface area contributed by atoms with Gasteiger partial charge in [0, 0.05) is 19.1 Å². The smallest absolute Gasteiger partial charge is 0.338 e. The van der Waals surface area contributed by atoms with Crippen LogP contribution < -0.4 is 0 Å². The molecule has 0 radical (unpaired) electrons. The van der Waals surface area contributed by atoms with Crippen molar-refractivity contribution >= 4 is 20.2 Å². The molecule has 0 saturated heterocycles. The zero-order valence-corrected chi connectivity index (χ0v) is 13.5. The fourth-order valence-corrected chi connectivity index (χ4v) is 5.96. The van der Waals surface area contributed by atoms with Crippen molar-refractivity contribution in [1.82, 2.24) is 0 Å². The lowest BCUT2D eigenvalue weighted by Crippen LogP contribution is -2.42. The Hall–Kier alpha value is 0.427. The van der Waals surface area contributed by atoms with Gasteiger partial charge in [0.1, 0.15) is 0 Å². The highest BCUT2D eigenvalue weighted by atomic mass is 35.5. The minimum Gasteiger partial charge on any atom is -0.394 e. The molecule has 0 aliphatic rings. The van der Waals surface area contributed by atoms with Gasteiger partial charge in [0.05, 0.1) is 0 Å². The zero-order valence-electron chi connectivity index (χ0n) is 11.8. The first-order valence-electron chi connectivity index (χ1n) is 7.08. The van der Waals surface area contributed by atoms with E-state index in [-0.39, 0.29) is 0 Å². The largest absolute Gasteiger partial charge is 0.394 e. The number of alkyl halides is 1. The molecule has 0 saturated carbocycles. The third-order valence-electron chi connectivity index (χ3n) is 2.92. The van der Waals surface area contributed by atoms with E-state index in [4.69, 9.17) is 20.5 Å². The van der Waals surface area contributed by atoms with Crippen molar-refractivity contribution < 1.29 is 8.85 Å². The van der Waals surface area contributed by atoms with Crippen molar-refractivity contribution in [1.29, 1.82) is 0 Å². The number of hydrogen-bond donors (Lipinski definition) is 0. The molecule has 0 bridgehead atoms. The van der Waals surface area contributed by atoms with E-state index >= 15 is 0 Å². The Bertz CT molecular complexity index is 161. The Balaban J connectivity index is 4.20. The summed E-state index contributed by atoms with van der Waals surface area (Å²) in [6.45, 7) is 7.90. The van der Waals surface area contributed by atoms with Crippen molar-refractivity contribution in [2.24, 2.45) is 0 Å². The van der Waals surface area contributed by atoms with Crippen LogP contribution in [-0.4, -0.2) is 27.7 Å². The predicted octanol–water partition coefficient (Wildman–Crippen LogP) is 4.71. The molecule has 2 nitrogen and oxygen atoms in total. The second kappa shape index (κ2) is 11.5. The van der Waals surface area contributed by atoms with Crippen LogP contribution in [0.25, 0.3) is 0 Å². The van der Waals surface area contributed by atoms with E-state index in [0.29, 0.717) is 5.88 Å². The molecule has 0 aliphatic heterocycles. The molecular weight excluding hydrogens is 252 g/mol. The van der Waals surface area contributed by atoms with Crippen LogP contribution in [0.15, 0.2) is 0 Å². The quantitative estimate of drug-likeness (QED) is 0.293. The summed E-state index contributed by atoms with van der Waals surface area (Å²) in [5.41, 5.74) is 0. The highest BCUT2D eigenvalue weighted by Gasteiger charge is 2.35. The summed E-state index contributed by atoms with van der Waals surface area (Å²) in [6, 6.07) is 2.18. The Labute approximate surface area is 113 Å². The monoisotopic (exact) mass is 280 g/mol. The number of halogens is 1. The van der Waals surface area contributed by atoms with Gasteiger partial charge >= 0.3 is 8.56 Å². The number of unbranched alkanes of at least 4 members (excludes halogenated alkanes) is 3. The second-order valence-corrected chi connectivity index (χ2v) is 8.16. The third kappa shape index (κ3) is 8.19. The lowest BCUT2D eigenvalue weighted by molar-refractivity contribution is 0.181. The maximum absolute atomic E-state index is 6.01. The standard InChI is InChI=1S/C13H29ClO2Si/c1-4-7-8-9-12-17(15-5-2,16-6-3)13-10-11-14/h4-13H2,1-3H3. The topological polar surface area (TPSA) is 18.5 Å². The molecule has 0 aromatic heterocycles. The first-order chi connectivity index (χ1) is 8.24. The summed E-state index contributed by atoms with van der Waals surface area (Å²) < 4.78 is 12.0. The van der Waals surface area contributed by atoms with E-state index in [9.17, 15) is 0 Å². The molecule has 4 heteroatoms. The minimum absolute atomic E-state index is 0.712. The summed E-state index contributed by atoms with van der Waals surface area (Å²) in [5, 5.41) is 0. The molecule has 104 valence electrons. The van der Waals surface area contributed by atoms with Gasteiger partial charge in [-0.15, -0.1) is 11.6 Å². The highest BCUT2D eigenvalue weighted by molar-refractivity contribution is 6.67. The van der Waals surface area contributed by atoms with Crippen molar-refractivity contribution in [3.05, 3.63) is 0 Å². The second-order valence-electron chi connectivity index (χ2n) is 4.38. The average Bonchev–Trinajstić information content (AvgIpc) is 2.33. The molecule has 0 amide bonds. The molecule has 17 heavy (non-hydrogen) atoms. The molecule has 0 atom stereocenters. The van der Waals surface area contributed by atoms with Crippen LogP contribution in [0.1, 0.15) is 52.9 Å². The molecule has 0 fully saturated rings. The average molecular weight is 281 g/mol. The molecule has 0 aliphatic carbocycles. The Morgan fingerprint density at radius 2 is 1.41 bits per heavy atom. The minimum atomic E-state index is -1.95. The fraction of sp³-hybridized carbons (Fsp3) is 1.00. The Kier molecular flexibility index (Phi) is 11.8. The summed E-state index contributed by atoms with van der Waals surface area (Å²) in [7, 11) is -1.95. The molecule has 0 N–H and O–H groups in total. The van der Waals surface area contributed by atoms with E-state index < -0.39 is 8.56 Å². The summed E-state index contributed by atoms with van der Waals surface area (Å²) in [6.07, 6.45) is 6.15.